The number of para-hydroxylation sites is 2. The van der Waals surface area contributed by atoms with Crippen LogP contribution in [0.4, 0.5) is 11.4 Å². The van der Waals surface area contributed by atoms with E-state index in [2.05, 4.69) is 0 Å². The number of nitrogens with one attached hydrogen (secondary N) is 1. The van der Waals surface area contributed by atoms with Crippen LogP contribution in [0.5, 0.6) is 0 Å². The molecule has 0 fully saturated rings. The molecule has 124 valence electrons. The van der Waals surface area contributed by atoms with Crippen LogP contribution in [0, 0.1) is 10.1 Å². The van der Waals surface area contributed by atoms with E-state index in [-0.39, 0.29) is 11.3 Å². The van der Waals surface area contributed by atoms with Gasteiger partial charge in [-0.15, -0.1) is 0 Å². The monoisotopic (exact) mass is 350 g/mol. The minimum Gasteiger partial charge on any atom is -0.475 e. The van der Waals surface area contributed by atoms with Crippen molar-refractivity contribution in [1.82, 2.24) is 0 Å². The van der Waals surface area contributed by atoms with Crippen molar-refractivity contribution >= 4 is 33.2 Å². The van der Waals surface area contributed by atoms with E-state index in [4.69, 9.17) is 5.11 Å². The molecule has 2 aromatic carbocycles. The zero-order valence-electron chi connectivity index (χ0n) is 11.9. The number of hydrogen-bond donors (Lipinski definition) is 2. The first kappa shape index (κ1) is 17.1. The van der Waals surface area contributed by atoms with E-state index in [9.17, 15) is 28.1 Å². The molecule has 0 aliphatic heterocycles. The molecule has 0 aliphatic carbocycles. The Kier molecular flexibility index (Phi) is 4.60. The van der Waals surface area contributed by atoms with Gasteiger partial charge in [0.25, 0.3) is 21.5 Å². The molecule has 0 unspecified atom stereocenters. The van der Waals surface area contributed by atoms with Gasteiger partial charge in [0.05, 0.1) is 16.2 Å². The Bertz CT molecular complexity index is 938. The van der Waals surface area contributed by atoms with E-state index in [1.807, 2.05) is 4.72 Å². The number of Topliss-reactive ketones (excluding diaryl/α,β-unsaturated/α-hetero) is 1. The third kappa shape index (κ3) is 3.38. The van der Waals surface area contributed by atoms with E-state index >= 15 is 0 Å². The normalized spacial score (nSPS) is 10.8. The molecule has 0 bridgehead atoms. The quantitative estimate of drug-likeness (QED) is 0.349. The summed E-state index contributed by atoms with van der Waals surface area (Å²) in [6.45, 7) is 0. The Balaban J connectivity index is 2.51. The molecule has 10 heteroatoms. The van der Waals surface area contributed by atoms with Crippen LogP contribution >= 0.6 is 0 Å². The van der Waals surface area contributed by atoms with Crippen molar-refractivity contribution in [3.63, 3.8) is 0 Å². The molecule has 0 aliphatic rings. The summed E-state index contributed by atoms with van der Waals surface area (Å²) in [5, 5.41) is 19.7. The van der Waals surface area contributed by atoms with Crippen LogP contribution in [-0.4, -0.2) is 30.2 Å². The number of nitrogens with zero attached hydrogens (tertiary/aromatic N) is 1. The third-order valence-corrected chi connectivity index (χ3v) is 4.37. The zero-order valence-corrected chi connectivity index (χ0v) is 12.7. The van der Waals surface area contributed by atoms with Crippen LogP contribution in [0.15, 0.2) is 53.4 Å². The molecule has 0 amide bonds. The molecular weight excluding hydrogens is 340 g/mol. The summed E-state index contributed by atoms with van der Waals surface area (Å²) >= 11 is 0. The maximum Gasteiger partial charge on any atom is 0.377 e. The van der Waals surface area contributed by atoms with E-state index in [0.29, 0.717) is 0 Å². The number of rotatable bonds is 6. The standard InChI is InChI=1S/C14H10N2O7S/c17-13(14(18)19)9-5-1-2-6-10(9)15-24(22,23)12-8-4-3-7-11(12)16(20)21/h1-8,15H,(H,18,19). The number of ketones is 1. The number of carbonyl (C=O) groups is 2. The molecule has 0 heterocycles. The van der Waals surface area contributed by atoms with Crippen molar-refractivity contribution in [2.24, 2.45) is 0 Å². The van der Waals surface area contributed by atoms with Gasteiger partial charge in [0.15, 0.2) is 4.90 Å². The van der Waals surface area contributed by atoms with Crippen molar-refractivity contribution < 1.29 is 28.0 Å². The Morgan fingerprint density at radius 3 is 2.25 bits per heavy atom. The second-order valence-corrected chi connectivity index (χ2v) is 6.16. The number of sulfonamides is 1. The van der Waals surface area contributed by atoms with E-state index in [1.54, 1.807) is 0 Å². The van der Waals surface area contributed by atoms with E-state index in [0.717, 1.165) is 18.2 Å². The van der Waals surface area contributed by atoms with Crippen LogP contribution in [0.3, 0.4) is 0 Å². The highest BCUT2D eigenvalue weighted by molar-refractivity contribution is 7.92. The van der Waals surface area contributed by atoms with Gasteiger partial charge in [0.2, 0.25) is 0 Å². The predicted molar refractivity (Wildman–Crippen MR) is 82.3 cm³/mol. The lowest BCUT2D eigenvalue weighted by Gasteiger charge is -2.11. The first-order valence-corrected chi connectivity index (χ1v) is 7.85. The van der Waals surface area contributed by atoms with Gasteiger partial charge in [-0.2, -0.15) is 0 Å². The number of benzene rings is 2. The average Bonchev–Trinajstić information content (AvgIpc) is 2.54. The van der Waals surface area contributed by atoms with Crippen LogP contribution in [0.1, 0.15) is 10.4 Å². The van der Waals surface area contributed by atoms with Crippen molar-refractivity contribution in [2.45, 2.75) is 4.90 Å². The third-order valence-electron chi connectivity index (χ3n) is 2.96. The molecule has 0 saturated carbocycles. The van der Waals surface area contributed by atoms with Gasteiger partial charge >= 0.3 is 5.97 Å². The number of anilines is 1. The summed E-state index contributed by atoms with van der Waals surface area (Å²) < 4.78 is 26.8. The van der Waals surface area contributed by atoms with Crippen LogP contribution in [0.2, 0.25) is 0 Å². The molecule has 0 radical (unpaired) electrons. The highest BCUT2D eigenvalue weighted by Gasteiger charge is 2.27. The molecular formula is C14H10N2O7S. The van der Waals surface area contributed by atoms with Gasteiger partial charge in [0.1, 0.15) is 0 Å². The Hall–Kier alpha value is -3.27. The number of hydrogen-bond acceptors (Lipinski definition) is 6. The number of aliphatic carboxylic acids is 1. The van der Waals surface area contributed by atoms with Gasteiger partial charge in [-0.3, -0.25) is 19.6 Å². The maximum atomic E-state index is 12.4. The Labute approximate surface area is 135 Å². The summed E-state index contributed by atoms with van der Waals surface area (Å²) in [6.07, 6.45) is 0. The molecule has 24 heavy (non-hydrogen) atoms. The molecule has 2 N–H and O–H groups in total. The van der Waals surface area contributed by atoms with Crippen molar-refractivity contribution in [2.75, 3.05) is 4.72 Å². The summed E-state index contributed by atoms with van der Waals surface area (Å²) in [4.78, 5) is 31.9. The molecule has 0 aromatic heterocycles. The van der Waals surface area contributed by atoms with Gasteiger partial charge < -0.3 is 5.11 Å². The number of nitro benzene ring substituents is 1. The molecule has 0 atom stereocenters. The fourth-order valence-corrected chi connectivity index (χ4v) is 3.17. The second-order valence-electron chi connectivity index (χ2n) is 4.51. The van der Waals surface area contributed by atoms with Crippen molar-refractivity contribution in [3.8, 4) is 0 Å². The maximum absolute atomic E-state index is 12.4. The number of carbonyl (C=O) groups excluding carboxylic acids is 1. The summed E-state index contributed by atoms with van der Waals surface area (Å²) in [5.74, 6) is -3.07. The van der Waals surface area contributed by atoms with Gasteiger partial charge in [-0.1, -0.05) is 24.3 Å². The molecule has 0 spiro atoms. The number of carboxylic acids is 1. The summed E-state index contributed by atoms with van der Waals surface area (Å²) in [6, 6.07) is 9.71. The SMILES string of the molecule is O=C(O)C(=O)c1ccccc1NS(=O)(=O)c1ccccc1[N+](=O)[O-]. The predicted octanol–water partition coefficient (Wildman–Crippen LogP) is 1.66. The van der Waals surface area contributed by atoms with Crippen molar-refractivity contribution in [3.05, 3.63) is 64.2 Å². The first-order valence-electron chi connectivity index (χ1n) is 6.37. The fourth-order valence-electron chi connectivity index (χ4n) is 1.92. The van der Waals surface area contributed by atoms with Crippen LogP contribution < -0.4 is 4.72 Å². The first-order chi connectivity index (χ1) is 11.2. The van der Waals surface area contributed by atoms with Crippen LogP contribution in [-0.2, 0) is 14.8 Å². The largest absolute Gasteiger partial charge is 0.475 e. The van der Waals surface area contributed by atoms with Gasteiger partial charge in [-0.25, -0.2) is 13.2 Å². The zero-order chi connectivity index (χ0) is 17.9. The highest BCUT2D eigenvalue weighted by Crippen LogP contribution is 2.26. The number of nitro groups is 1. The smallest absolute Gasteiger partial charge is 0.377 e. The fraction of sp³-hybridized carbons (Fsp3) is 0. The second kappa shape index (κ2) is 6.46. The molecule has 0 saturated heterocycles. The lowest BCUT2D eigenvalue weighted by molar-refractivity contribution is -0.387. The van der Waals surface area contributed by atoms with Crippen molar-refractivity contribution in [1.29, 1.82) is 0 Å². The van der Waals surface area contributed by atoms with Gasteiger partial charge in [-0.05, 0) is 18.2 Å². The Morgan fingerprint density at radius 2 is 1.62 bits per heavy atom. The highest BCUT2D eigenvalue weighted by atomic mass is 32.2. The summed E-state index contributed by atoms with van der Waals surface area (Å²) in [5.41, 5.74) is -1.32. The lowest BCUT2D eigenvalue weighted by atomic mass is 10.1. The van der Waals surface area contributed by atoms with E-state index < -0.39 is 37.3 Å². The average molecular weight is 350 g/mol. The minimum absolute atomic E-state index is 0.289. The topological polar surface area (TPSA) is 144 Å². The van der Waals surface area contributed by atoms with E-state index in [1.165, 1.54) is 30.3 Å². The molecule has 9 nitrogen and oxygen atoms in total. The summed E-state index contributed by atoms with van der Waals surface area (Å²) in [7, 11) is -4.41. The molecule has 2 rings (SSSR count). The number of carboxylic acid groups (broad SMARTS) is 1. The molecule has 2 aromatic rings. The Morgan fingerprint density at radius 1 is 1.04 bits per heavy atom. The van der Waals surface area contributed by atoms with Gasteiger partial charge in [0, 0.05) is 6.07 Å². The van der Waals surface area contributed by atoms with Crippen LogP contribution in [0.25, 0.3) is 0 Å². The lowest BCUT2D eigenvalue weighted by Crippen LogP contribution is -2.19. The minimum atomic E-state index is -4.41.